The number of aryl methyl sites for hydroxylation is 1. The Hall–Kier alpha value is -1.65. The van der Waals surface area contributed by atoms with Crippen LogP contribution in [0.5, 0.6) is 11.8 Å². The van der Waals surface area contributed by atoms with Crippen LogP contribution in [0.25, 0.3) is 0 Å². The number of benzene rings is 1. The Morgan fingerprint density at radius 2 is 2.05 bits per heavy atom. The molecular formula is C15H18ClN3O. The maximum absolute atomic E-state index is 6.04. The lowest BCUT2D eigenvalue weighted by Crippen LogP contribution is -2.22. The lowest BCUT2D eigenvalue weighted by Gasteiger charge is -2.11. The highest BCUT2D eigenvalue weighted by molar-refractivity contribution is 6.32. The zero-order valence-corrected chi connectivity index (χ0v) is 12.6. The lowest BCUT2D eigenvalue weighted by atomic mass is 10.2. The van der Waals surface area contributed by atoms with Gasteiger partial charge in [0, 0.05) is 30.0 Å². The summed E-state index contributed by atoms with van der Waals surface area (Å²) < 4.78 is 5.60. The molecule has 0 fully saturated rings. The number of para-hydroxylation sites is 1. The molecule has 2 rings (SSSR count). The molecule has 1 N–H and O–H groups in total. The first-order chi connectivity index (χ1) is 9.56. The first-order valence-electron chi connectivity index (χ1n) is 6.54. The summed E-state index contributed by atoms with van der Waals surface area (Å²) >= 11 is 6.04. The minimum absolute atomic E-state index is 0.309. The number of rotatable bonds is 5. The van der Waals surface area contributed by atoms with Gasteiger partial charge in [-0.15, -0.1) is 0 Å². The van der Waals surface area contributed by atoms with Gasteiger partial charge in [-0.05, 0) is 19.1 Å². The van der Waals surface area contributed by atoms with Crippen molar-refractivity contribution in [3.63, 3.8) is 0 Å². The summed E-state index contributed by atoms with van der Waals surface area (Å²) in [5.41, 5.74) is 1.96. The first-order valence-corrected chi connectivity index (χ1v) is 6.92. The van der Waals surface area contributed by atoms with Crippen LogP contribution in [0.4, 0.5) is 0 Å². The quantitative estimate of drug-likeness (QED) is 0.912. The largest absolute Gasteiger partial charge is 0.423 e. The van der Waals surface area contributed by atoms with Gasteiger partial charge in [0.15, 0.2) is 0 Å². The monoisotopic (exact) mass is 291 g/mol. The van der Waals surface area contributed by atoms with Gasteiger partial charge in [-0.25, -0.2) is 4.98 Å². The van der Waals surface area contributed by atoms with Gasteiger partial charge in [-0.1, -0.05) is 37.6 Å². The van der Waals surface area contributed by atoms with Gasteiger partial charge in [0.05, 0.1) is 5.02 Å². The van der Waals surface area contributed by atoms with E-state index < -0.39 is 0 Å². The molecule has 0 bridgehead atoms. The summed E-state index contributed by atoms with van der Waals surface area (Å²) in [7, 11) is 0. The van der Waals surface area contributed by atoms with Crippen molar-refractivity contribution in [2.24, 2.45) is 0 Å². The molecule has 0 aliphatic carbocycles. The molecule has 1 aromatic heterocycles. The lowest BCUT2D eigenvalue weighted by molar-refractivity contribution is 0.439. The van der Waals surface area contributed by atoms with E-state index in [0.29, 0.717) is 22.8 Å². The Morgan fingerprint density at radius 3 is 2.70 bits per heavy atom. The number of ether oxygens (including phenoxy) is 1. The second kappa shape index (κ2) is 6.68. The summed E-state index contributed by atoms with van der Waals surface area (Å²) in [5.74, 6) is 0.557. The summed E-state index contributed by atoms with van der Waals surface area (Å²) in [6.45, 7) is 6.89. The van der Waals surface area contributed by atoms with Crippen LogP contribution in [-0.2, 0) is 6.54 Å². The van der Waals surface area contributed by atoms with Crippen molar-refractivity contribution in [1.82, 2.24) is 15.3 Å². The topological polar surface area (TPSA) is 47.0 Å². The van der Waals surface area contributed by atoms with Crippen molar-refractivity contribution < 1.29 is 4.74 Å². The molecule has 106 valence electrons. The van der Waals surface area contributed by atoms with Gasteiger partial charge < -0.3 is 10.1 Å². The number of hydrogen-bond donors (Lipinski definition) is 1. The average Bonchev–Trinajstić information content (AvgIpc) is 2.40. The number of nitrogens with one attached hydrogen (secondary N) is 1. The van der Waals surface area contributed by atoms with Gasteiger partial charge in [0.1, 0.15) is 5.75 Å². The molecule has 0 radical (unpaired) electrons. The van der Waals surface area contributed by atoms with Gasteiger partial charge in [-0.3, -0.25) is 0 Å². The van der Waals surface area contributed by atoms with Gasteiger partial charge in [-0.2, -0.15) is 4.98 Å². The van der Waals surface area contributed by atoms with Crippen LogP contribution >= 0.6 is 11.6 Å². The summed E-state index contributed by atoms with van der Waals surface area (Å²) in [5, 5.41) is 3.88. The van der Waals surface area contributed by atoms with Crippen LogP contribution < -0.4 is 10.1 Å². The second-order valence-corrected chi connectivity index (χ2v) is 5.24. The molecule has 0 saturated heterocycles. The molecule has 1 aromatic carbocycles. The molecule has 0 spiro atoms. The Kier molecular flexibility index (Phi) is 4.93. The smallest absolute Gasteiger partial charge is 0.322 e. The third-order valence-corrected chi connectivity index (χ3v) is 3.11. The van der Waals surface area contributed by atoms with Crippen molar-refractivity contribution >= 4 is 11.6 Å². The molecule has 20 heavy (non-hydrogen) atoms. The third-order valence-electron chi connectivity index (χ3n) is 2.80. The highest BCUT2D eigenvalue weighted by Gasteiger charge is 2.07. The molecule has 0 saturated carbocycles. The van der Waals surface area contributed by atoms with Gasteiger partial charge in [0.2, 0.25) is 0 Å². The van der Waals surface area contributed by atoms with Gasteiger partial charge >= 0.3 is 6.01 Å². The first kappa shape index (κ1) is 14.8. The van der Waals surface area contributed by atoms with Crippen molar-refractivity contribution in [3.8, 4) is 11.8 Å². The van der Waals surface area contributed by atoms with Crippen LogP contribution in [0.15, 0.2) is 30.5 Å². The Bertz CT molecular complexity index is 587. The fourth-order valence-electron chi connectivity index (χ4n) is 1.63. The van der Waals surface area contributed by atoms with E-state index in [2.05, 4.69) is 29.1 Å². The van der Waals surface area contributed by atoms with E-state index in [4.69, 9.17) is 16.3 Å². The third kappa shape index (κ3) is 3.92. The molecule has 0 aliphatic heterocycles. The van der Waals surface area contributed by atoms with E-state index in [1.807, 2.05) is 19.1 Å². The van der Waals surface area contributed by atoms with Crippen LogP contribution in [0, 0.1) is 6.92 Å². The van der Waals surface area contributed by atoms with Crippen LogP contribution in [0.3, 0.4) is 0 Å². The second-order valence-electron chi connectivity index (χ2n) is 4.83. The minimum Gasteiger partial charge on any atom is -0.423 e. The van der Waals surface area contributed by atoms with E-state index in [1.165, 1.54) is 0 Å². The van der Waals surface area contributed by atoms with Crippen LogP contribution in [0.2, 0.25) is 5.02 Å². The number of aromatic nitrogens is 2. The molecule has 0 amide bonds. The molecule has 0 unspecified atom stereocenters. The summed E-state index contributed by atoms with van der Waals surface area (Å²) in [4.78, 5) is 8.58. The Labute approximate surface area is 124 Å². The van der Waals surface area contributed by atoms with E-state index >= 15 is 0 Å². The average molecular weight is 292 g/mol. The molecule has 0 atom stereocenters. The fourth-order valence-corrected chi connectivity index (χ4v) is 1.81. The highest BCUT2D eigenvalue weighted by atomic mass is 35.5. The van der Waals surface area contributed by atoms with Crippen molar-refractivity contribution in [1.29, 1.82) is 0 Å². The van der Waals surface area contributed by atoms with E-state index in [1.54, 1.807) is 18.3 Å². The van der Waals surface area contributed by atoms with Gasteiger partial charge in [0.25, 0.3) is 0 Å². The molecule has 1 heterocycles. The standard InChI is InChI=1S/C15H18ClN3O/c1-10(2)17-8-12-9-18-15(19-11(12)3)20-14-7-5-4-6-13(14)16/h4-7,9-10,17H,8H2,1-3H3. The maximum atomic E-state index is 6.04. The fraction of sp³-hybridized carbons (Fsp3) is 0.333. The predicted octanol–water partition coefficient (Wildman–Crippen LogP) is 3.73. The molecule has 4 nitrogen and oxygen atoms in total. The predicted molar refractivity (Wildman–Crippen MR) is 80.3 cm³/mol. The maximum Gasteiger partial charge on any atom is 0.322 e. The molecular weight excluding hydrogens is 274 g/mol. The van der Waals surface area contributed by atoms with E-state index in [0.717, 1.165) is 17.8 Å². The number of halogens is 1. The Morgan fingerprint density at radius 1 is 1.30 bits per heavy atom. The number of hydrogen-bond acceptors (Lipinski definition) is 4. The summed E-state index contributed by atoms with van der Waals surface area (Å²) in [6.07, 6.45) is 1.78. The van der Waals surface area contributed by atoms with Crippen molar-refractivity contribution in [3.05, 3.63) is 46.7 Å². The molecule has 0 aliphatic rings. The van der Waals surface area contributed by atoms with Crippen LogP contribution in [-0.4, -0.2) is 16.0 Å². The zero-order chi connectivity index (χ0) is 14.5. The molecule has 5 heteroatoms. The highest BCUT2D eigenvalue weighted by Crippen LogP contribution is 2.27. The normalized spacial score (nSPS) is 10.8. The molecule has 2 aromatic rings. The number of nitrogens with zero attached hydrogens (tertiary/aromatic N) is 2. The van der Waals surface area contributed by atoms with Crippen molar-refractivity contribution in [2.75, 3.05) is 0 Å². The van der Waals surface area contributed by atoms with E-state index in [9.17, 15) is 0 Å². The van der Waals surface area contributed by atoms with E-state index in [-0.39, 0.29) is 0 Å². The van der Waals surface area contributed by atoms with Crippen LogP contribution in [0.1, 0.15) is 25.1 Å². The zero-order valence-electron chi connectivity index (χ0n) is 11.9. The van der Waals surface area contributed by atoms with Crippen molar-refractivity contribution in [2.45, 2.75) is 33.4 Å². The SMILES string of the molecule is Cc1nc(Oc2ccccc2Cl)ncc1CNC(C)C. The summed E-state index contributed by atoms with van der Waals surface area (Å²) in [6, 6.07) is 7.99. The minimum atomic E-state index is 0.309. The Balaban J connectivity index is 2.11.